The molecule has 1 aliphatic rings. The zero-order valence-electron chi connectivity index (χ0n) is 11.4. The number of nitrogens with one attached hydrogen (secondary N) is 2. The van der Waals surface area contributed by atoms with E-state index in [0.717, 1.165) is 6.20 Å². The van der Waals surface area contributed by atoms with Crippen LogP contribution in [0.2, 0.25) is 0 Å². The molecule has 0 spiro atoms. The van der Waals surface area contributed by atoms with Gasteiger partial charge in [-0.15, -0.1) is 0 Å². The fourth-order valence-corrected chi connectivity index (χ4v) is 1.85. The Morgan fingerprint density at radius 2 is 2.20 bits per heavy atom. The lowest BCUT2D eigenvalue weighted by Crippen LogP contribution is -2.37. The Balaban J connectivity index is 1.95. The number of amides is 1. The lowest BCUT2D eigenvalue weighted by molar-refractivity contribution is -0.118. The molecule has 2 N–H and O–H groups in total. The summed E-state index contributed by atoms with van der Waals surface area (Å²) in [6.45, 7) is 4.74. The van der Waals surface area contributed by atoms with Gasteiger partial charge in [0, 0.05) is 33.1 Å². The van der Waals surface area contributed by atoms with Gasteiger partial charge in [0.05, 0.1) is 19.4 Å². The molecule has 1 aliphatic heterocycles. The van der Waals surface area contributed by atoms with Crippen LogP contribution in [-0.4, -0.2) is 55.3 Å². The summed E-state index contributed by atoms with van der Waals surface area (Å²) in [7, 11) is 0. The molecular formula is C12H18FN5O2. The van der Waals surface area contributed by atoms with Crippen LogP contribution in [0.1, 0.15) is 6.92 Å². The number of carbonyl (C=O) groups excluding carboxylic acids is 1. The lowest BCUT2D eigenvalue weighted by Gasteiger charge is -2.28. The number of carbonyl (C=O) groups is 1. The van der Waals surface area contributed by atoms with Crippen molar-refractivity contribution in [2.75, 3.05) is 49.6 Å². The normalized spacial score (nSPS) is 15.0. The third kappa shape index (κ3) is 4.02. The molecule has 0 radical (unpaired) electrons. The van der Waals surface area contributed by atoms with Crippen molar-refractivity contribution in [1.29, 1.82) is 0 Å². The fraction of sp³-hybridized carbons (Fsp3) is 0.583. The van der Waals surface area contributed by atoms with E-state index >= 15 is 0 Å². The number of ether oxygens (including phenoxy) is 1. The summed E-state index contributed by atoms with van der Waals surface area (Å²) in [4.78, 5) is 20.6. The van der Waals surface area contributed by atoms with Crippen LogP contribution in [0.5, 0.6) is 0 Å². The molecule has 0 unspecified atom stereocenters. The van der Waals surface area contributed by atoms with Crippen LogP contribution in [0.3, 0.4) is 0 Å². The monoisotopic (exact) mass is 283 g/mol. The van der Waals surface area contributed by atoms with Gasteiger partial charge in [0.25, 0.3) is 0 Å². The first-order chi connectivity index (χ1) is 9.66. The van der Waals surface area contributed by atoms with Gasteiger partial charge < -0.3 is 20.3 Å². The number of anilines is 2. The highest BCUT2D eigenvalue weighted by Gasteiger charge is 2.17. The molecule has 20 heavy (non-hydrogen) atoms. The number of aromatic nitrogens is 2. The van der Waals surface area contributed by atoms with E-state index in [0.29, 0.717) is 45.3 Å². The van der Waals surface area contributed by atoms with Crippen molar-refractivity contribution in [1.82, 2.24) is 15.3 Å². The highest BCUT2D eigenvalue weighted by Crippen LogP contribution is 2.18. The number of morpholine rings is 1. The standard InChI is InChI=1S/C12H18FN5O2/c1-9(19)14-2-3-15-12-16-8-10(13)11(17-12)18-4-6-20-7-5-18/h8H,2-7H2,1H3,(H,14,19)(H,15,16,17). The molecule has 0 atom stereocenters. The SMILES string of the molecule is CC(=O)NCCNc1ncc(F)c(N2CCOCC2)n1. The first-order valence-corrected chi connectivity index (χ1v) is 6.50. The molecule has 8 heteroatoms. The van der Waals surface area contributed by atoms with E-state index < -0.39 is 5.82 Å². The molecule has 0 saturated carbocycles. The molecule has 7 nitrogen and oxygen atoms in total. The first-order valence-electron chi connectivity index (χ1n) is 6.50. The molecule has 1 aromatic heterocycles. The quantitative estimate of drug-likeness (QED) is 0.741. The molecule has 0 aromatic carbocycles. The Kier molecular flexibility index (Phi) is 5.05. The predicted molar refractivity (Wildman–Crippen MR) is 72.2 cm³/mol. The van der Waals surface area contributed by atoms with E-state index in [9.17, 15) is 9.18 Å². The Morgan fingerprint density at radius 3 is 2.90 bits per heavy atom. The van der Waals surface area contributed by atoms with Crippen molar-refractivity contribution < 1.29 is 13.9 Å². The van der Waals surface area contributed by atoms with E-state index in [1.165, 1.54) is 6.92 Å². The third-order valence-corrected chi connectivity index (χ3v) is 2.82. The second-order valence-corrected chi connectivity index (χ2v) is 4.37. The van der Waals surface area contributed by atoms with Crippen LogP contribution in [0, 0.1) is 5.82 Å². The van der Waals surface area contributed by atoms with Gasteiger partial charge in [-0.25, -0.2) is 9.37 Å². The van der Waals surface area contributed by atoms with Gasteiger partial charge in [-0.1, -0.05) is 0 Å². The highest BCUT2D eigenvalue weighted by molar-refractivity contribution is 5.72. The maximum atomic E-state index is 13.8. The van der Waals surface area contributed by atoms with Crippen LogP contribution in [0.4, 0.5) is 16.2 Å². The van der Waals surface area contributed by atoms with Crippen LogP contribution < -0.4 is 15.5 Å². The Bertz CT molecular complexity index is 465. The summed E-state index contributed by atoms with van der Waals surface area (Å²) in [6, 6.07) is 0. The summed E-state index contributed by atoms with van der Waals surface area (Å²) in [5, 5.41) is 5.59. The van der Waals surface area contributed by atoms with Gasteiger partial charge in [0.1, 0.15) is 0 Å². The zero-order chi connectivity index (χ0) is 14.4. The van der Waals surface area contributed by atoms with Crippen LogP contribution in [0.25, 0.3) is 0 Å². The maximum Gasteiger partial charge on any atom is 0.224 e. The fourth-order valence-electron chi connectivity index (χ4n) is 1.85. The van der Waals surface area contributed by atoms with Gasteiger partial charge in [-0.2, -0.15) is 4.98 Å². The van der Waals surface area contributed by atoms with Crippen molar-refractivity contribution in [2.24, 2.45) is 0 Å². The third-order valence-electron chi connectivity index (χ3n) is 2.82. The van der Waals surface area contributed by atoms with Crippen molar-refractivity contribution in [2.45, 2.75) is 6.92 Å². The van der Waals surface area contributed by atoms with Gasteiger partial charge in [0.2, 0.25) is 11.9 Å². The molecule has 2 rings (SSSR count). The average molecular weight is 283 g/mol. The molecule has 1 fully saturated rings. The number of hydrogen-bond donors (Lipinski definition) is 2. The van der Waals surface area contributed by atoms with E-state index in [1.807, 2.05) is 4.90 Å². The average Bonchev–Trinajstić information content (AvgIpc) is 2.46. The number of hydrogen-bond acceptors (Lipinski definition) is 6. The number of nitrogens with zero attached hydrogens (tertiary/aromatic N) is 3. The Morgan fingerprint density at radius 1 is 1.45 bits per heavy atom. The summed E-state index contributed by atoms with van der Waals surface area (Å²) in [5.74, 6) is 0.0868. The Hall–Kier alpha value is -1.96. The minimum atomic E-state index is -0.445. The molecule has 1 amide bonds. The smallest absolute Gasteiger partial charge is 0.224 e. The van der Waals surface area contributed by atoms with E-state index in [2.05, 4.69) is 20.6 Å². The summed E-state index contributed by atoms with van der Waals surface area (Å²) >= 11 is 0. The molecule has 2 heterocycles. The highest BCUT2D eigenvalue weighted by atomic mass is 19.1. The summed E-state index contributed by atoms with van der Waals surface area (Å²) in [5.41, 5.74) is 0. The summed E-state index contributed by atoms with van der Waals surface area (Å²) < 4.78 is 19.0. The van der Waals surface area contributed by atoms with Crippen LogP contribution in [0.15, 0.2) is 6.20 Å². The largest absolute Gasteiger partial charge is 0.378 e. The minimum Gasteiger partial charge on any atom is -0.378 e. The van der Waals surface area contributed by atoms with E-state index in [4.69, 9.17) is 4.74 Å². The van der Waals surface area contributed by atoms with Gasteiger partial charge >= 0.3 is 0 Å². The minimum absolute atomic E-state index is 0.0965. The molecule has 0 aliphatic carbocycles. The number of halogens is 1. The zero-order valence-corrected chi connectivity index (χ0v) is 11.4. The molecule has 1 saturated heterocycles. The van der Waals surface area contributed by atoms with Gasteiger partial charge in [0.15, 0.2) is 11.6 Å². The number of rotatable bonds is 5. The molecule has 110 valence electrons. The van der Waals surface area contributed by atoms with Gasteiger partial charge in [-0.3, -0.25) is 4.79 Å². The van der Waals surface area contributed by atoms with Crippen molar-refractivity contribution in [3.63, 3.8) is 0 Å². The molecular weight excluding hydrogens is 265 g/mol. The van der Waals surface area contributed by atoms with Crippen molar-refractivity contribution in [3.05, 3.63) is 12.0 Å². The topological polar surface area (TPSA) is 79.4 Å². The van der Waals surface area contributed by atoms with E-state index in [-0.39, 0.29) is 11.7 Å². The maximum absolute atomic E-state index is 13.8. The van der Waals surface area contributed by atoms with Gasteiger partial charge in [-0.05, 0) is 0 Å². The summed E-state index contributed by atoms with van der Waals surface area (Å²) in [6.07, 6.45) is 1.15. The first kappa shape index (κ1) is 14.4. The molecule has 1 aromatic rings. The second kappa shape index (κ2) is 6.99. The van der Waals surface area contributed by atoms with Crippen LogP contribution >= 0.6 is 0 Å². The van der Waals surface area contributed by atoms with Crippen molar-refractivity contribution in [3.8, 4) is 0 Å². The van der Waals surface area contributed by atoms with E-state index in [1.54, 1.807) is 0 Å². The van der Waals surface area contributed by atoms with Crippen LogP contribution in [-0.2, 0) is 9.53 Å². The van der Waals surface area contributed by atoms with Crippen molar-refractivity contribution >= 4 is 17.7 Å². The molecule has 0 bridgehead atoms. The lowest BCUT2D eigenvalue weighted by atomic mass is 10.4. The second-order valence-electron chi connectivity index (χ2n) is 4.37. The predicted octanol–water partition coefficient (Wildman–Crippen LogP) is 0.000300. The Labute approximate surface area is 116 Å².